The van der Waals surface area contributed by atoms with Gasteiger partial charge in [0.25, 0.3) is 5.56 Å². The zero-order chi connectivity index (χ0) is 28.0. The molecular formula is C26H31FN3O8P. The Morgan fingerprint density at radius 3 is 2.59 bits per heavy atom. The zero-order valence-corrected chi connectivity index (χ0v) is 22.4. The lowest BCUT2D eigenvalue weighted by Gasteiger charge is -2.24. The number of hydrogen-bond donors (Lipinski definition) is 3. The van der Waals surface area contributed by atoms with Crippen LogP contribution in [0.3, 0.4) is 0 Å². The fourth-order valence-corrected chi connectivity index (χ4v) is 5.38. The summed E-state index contributed by atoms with van der Waals surface area (Å²) in [6.45, 7) is 3.15. The van der Waals surface area contributed by atoms with Crippen LogP contribution in [-0.4, -0.2) is 52.3 Å². The van der Waals surface area contributed by atoms with E-state index in [0.717, 1.165) is 34.9 Å². The molecule has 0 saturated carbocycles. The van der Waals surface area contributed by atoms with Crippen LogP contribution in [0.4, 0.5) is 4.39 Å². The molecule has 0 aliphatic carbocycles. The van der Waals surface area contributed by atoms with Gasteiger partial charge in [0.1, 0.15) is 18.0 Å². The second kappa shape index (κ2) is 12.4. The van der Waals surface area contributed by atoms with Gasteiger partial charge in [0.05, 0.1) is 19.8 Å². The topological polar surface area (TPSA) is 141 Å². The van der Waals surface area contributed by atoms with Gasteiger partial charge >= 0.3 is 13.4 Å². The summed E-state index contributed by atoms with van der Waals surface area (Å²) in [4.78, 5) is 25.6. The molecule has 1 aromatic heterocycles. The van der Waals surface area contributed by atoms with E-state index in [0.29, 0.717) is 6.61 Å². The molecular weight excluding hydrogens is 532 g/mol. The van der Waals surface area contributed by atoms with E-state index in [1.54, 1.807) is 30.3 Å². The van der Waals surface area contributed by atoms with Crippen LogP contribution in [0.15, 0.2) is 76.4 Å². The highest BCUT2D eigenvalue weighted by atomic mass is 31.2. The predicted octanol–water partition coefficient (Wildman–Crippen LogP) is 2.84. The van der Waals surface area contributed by atoms with Crippen LogP contribution in [-0.2, 0) is 25.2 Å². The standard InChI is InChI=1S/C26H31FN3O8P/c1-18-8-6-7-9-19(18)16-35-15-13-28-39(34,38-20-10-4-3-5-11-20)36-17-21-23(32)26(2,27)24(37-21)30-14-12-22(31)29-25(30)33/h3-12,14,21,23-24,32H,13,15-17H2,1-2H3,(H,28,34)(H,29,31,33)/t21-,23-,24-,26-,39?/m1/s1. The Morgan fingerprint density at radius 2 is 1.87 bits per heavy atom. The van der Waals surface area contributed by atoms with Crippen molar-refractivity contribution in [3.8, 4) is 5.75 Å². The molecule has 39 heavy (non-hydrogen) atoms. The number of halogens is 1. The zero-order valence-electron chi connectivity index (χ0n) is 21.5. The second-order valence-electron chi connectivity index (χ2n) is 9.23. The molecule has 3 aromatic rings. The normalized spacial score (nSPS) is 24.4. The maximum atomic E-state index is 15.5. The number of alkyl halides is 1. The van der Waals surface area contributed by atoms with Crippen molar-refractivity contribution in [1.82, 2.24) is 14.6 Å². The van der Waals surface area contributed by atoms with Crippen LogP contribution in [0, 0.1) is 6.92 Å². The maximum Gasteiger partial charge on any atom is 0.458 e. The summed E-state index contributed by atoms with van der Waals surface area (Å²) in [6, 6.07) is 17.1. The molecule has 1 saturated heterocycles. The Labute approximate surface area is 224 Å². The summed E-state index contributed by atoms with van der Waals surface area (Å²) in [7, 11) is -4.05. The fourth-order valence-electron chi connectivity index (χ4n) is 4.07. The third-order valence-corrected chi connectivity index (χ3v) is 7.82. The second-order valence-corrected chi connectivity index (χ2v) is 11.0. The van der Waals surface area contributed by atoms with Crippen LogP contribution in [0.5, 0.6) is 5.75 Å². The van der Waals surface area contributed by atoms with Crippen molar-refractivity contribution in [3.05, 3.63) is 98.8 Å². The molecule has 11 nitrogen and oxygen atoms in total. The van der Waals surface area contributed by atoms with E-state index in [2.05, 4.69) is 5.09 Å². The van der Waals surface area contributed by atoms with Crippen LogP contribution in [0.2, 0.25) is 0 Å². The first-order valence-electron chi connectivity index (χ1n) is 12.3. The highest BCUT2D eigenvalue weighted by Gasteiger charge is 2.55. The minimum Gasteiger partial charge on any atom is -0.413 e. The first-order valence-corrected chi connectivity index (χ1v) is 13.8. The molecule has 1 aliphatic rings. The van der Waals surface area contributed by atoms with Crippen molar-refractivity contribution in [2.24, 2.45) is 0 Å². The van der Waals surface area contributed by atoms with Crippen molar-refractivity contribution < 1.29 is 32.6 Å². The van der Waals surface area contributed by atoms with E-state index in [4.69, 9.17) is 18.5 Å². The molecule has 3 N–H and O–H groups in total. The van der Waals surface area contributed by atoms with Gasteiger partial charge in [-0.3, -0.25) is 18.9 Å². The Morgan fingerprint density at radius 1 is 1.15 bits per heavy atom. The molecule has 210 valence electrons. The lowest BCUT2D eigenvalue weighted by molar-refractivity contribution is -0.0593. The molecule has 2 heterocycles. The quantitative estimate of drug-likeness (QED) is 0.224. The predicted molar refractivity (Wildman–Crippen MR) is 140 cm³/mol. The van der Waals surface area contributed by atoms with E-state index in [9.17, 15) is 19.3 Å². The van der Waals surface area contributed by atoms with Crippen molar-refractivity contribution in [1.29, 1.82) is 0 Å². The lowest BCUT2D eigenvalue weighted by Crippen LogP contribution is -2.43. The molecule has 1 aliphatic heterocycles. The Hall–Kier alpha value is -3.12. The molecule has 2 aromatic carbocycles. The maximum absolute atomic E-state index is 15.5. The number of aryl methyl sites for hydroxylation is 1. The molecule has 0 radical (unpaired) electrons. The number of aliphatic hydroxyl groups excluding tert-OH is 1. The minimum absolute atomic E-state index is 0.0975. The first-order chi connectivity index (χ1) is 18.6. The SMILES string of the molecule is Cc1ccccc1COCCNP(=O)(OC[C@H]1O[C@@H](n2ccc(=O)[nH]c2=O)[C@](C)(F)[C@@H]1O)Oc1ccccc1. The van der Waals surface area contributed by atoms with Gasteiger partial charge in [-0.2, -0.15) is 0 Å². The third kappa shape index (κ3) is 7.10. The highest BCUT2D eigenvalue weighted by molar-refractivity contribution is 7.52. The molecule has 13 heteroatoms. The average molecular weight is 564 g/mol. The number of hydrogen-bond acceptors (Lipinski definition) is 8. The summed E-state index contributed by atoms with van der Waals surface area (Å²) in [5.74, 6) is 0.259. The van der Waals surface area contributed by atoms with Crippen LogP contribution in [0.1, 0.15) is 24.3 Å². The fraction of sp³-hybridized carbons (Fsp3) is 0.385. The van der Waals surface area contributed by atoms with Crippen molar-refractivity contribution >= 4 is 7.75 Å². The molecule has 0 spiro atoms. The Kier molecular flexibility index (Phi) is 9.16. The molecule has 0 bridgehead atoms. The molecule has 5 atom stereocenters. The summed E-state index contributed by atoms with van der Waals surface area (Å²) in [5, 5.41) is 13.3. The summed E-state index contributed by atoms with van der Waals surface area (Å²) >= 11 is 0. The smallest absolute Gasteiger partial charge is 0.413 e. The molecule has 0 amide bonds. The van der Waals surface area contributed by atoms with Crippen molar-refractivity contribution in [2.75, 3.05) is 19.8 Å². The lowest BCUT2D eigenvalue weighted by atomic mass is 9.98. The largest absolute Gasteiger partial charge is 0.458 e. The number of rotatable bonds is 12. The van der Waals surface area contributed by atoms with Gasteiger partial charge < -0.3 is 19.1 Å². The molecule has 1 fully saturated rings. The van der Waals surface area contributed by atoms with E-state index >= 15 is 4.39 Å². The number of aliphatic hydroxyl groups is 1. The van der Waals surface area contributed by atoms with E-state index in [1.165, 1.54) is 0 Å². The van der Waals surface area contributed by atoms with E-state index < -0.39 is 49.7 Å². The van der Waals surface area contributed by atoms with Gasteiger partial charge in [-0.25, -0.2) is 18.8 Å². The van der Waals surface area contributed by atoms with Gasteiger partial charge in [0.15, 0.2) is 11.9 Å². The van der Waals surface area contributed by atoms with E-state index in [-0.39, 0.29) is 18.9 Å². The number of nitrogens with one attached hydrogen (secondary N) is 2. The number of benzene rings is 2. The van der Waals surface area contributed by atoms with Crippen LogP contribution >= 0.6 is 7.75 Å². The first kappa shape index (κ1) is 28.9. The minimum atomic E-state index is -4.05. The van der Waals surface area contributed by atoms with Crippen LogP contribution in [0.25, 0.3) is 0 Å². The van der Waals surface area contributed by atoms with Gasteiger partial charge in [-0.15, -0.1) is 0 Å². The number of H-pyrrole nitrogens is 1. The molecule has 4 rings (SSSR count). The van der Waals surface area contributed by atoms with Gasteiger partial charge in [0, 0.05) is 18.8 Å². The number of aromatic nitrogens is 2. The highest BCUT2D eigenvalue weighted by Crippen LogP contribution is 2.46. The van der Waals surface area contributed by atoms with Gasteiger partial charge in [-0.1, -0.05) is 42.5 Å². The average Bonchev–Trinajstić information content (AvgIpc) is 3.12. The number of aromatic amines is 1. The van der Waals surface area contributed by atoms with E-state index in [1.807, 2.05) is 36.2 Å². The Bertz CT molecular complexity index is 1410. The van der Waals surface area contributed by atoms with Gasteiger partial charge in [-0.05, 0) is 37.1 Å². The summed E-state index contributed by atoms with van der Waals surface area (Å²) < 4.78 is 52.4. The third-order valence-electron chi connectivity index (χ3n) is 6.27. The summed E-state index contributed by atoms with van der Waals surface area (Å²) in [6.07, 6.45) is -3.55. The summed E-state index contributed by atoms with van der Waals surface area (Å²) in [5.41, 5.74) is -1.89. The Balaban J connectivity index is 1.41. The van der Waals surface area contributed by atoms with Gasteiger partial charge in [0.2, 0.25) is 0 Å². The monoisotopic (exact) mass is 563 g/mol. The van der Waals surface area contributed by atoms with Crippen molar-refractivity contribution in [2.45, 2.75) is 44.6 Å². The number of nitrogens with zero attached hydrogens (tertiary/aromatic N) is 1. The number of para-hydroxylation sites is 1. The van der Waals surface area contributed by atoms with Crippen molar-refractivity contribution in [3.63, 3.8) is 0 Å². The molecule has 1 unspecified atom stereocenters. The van der Waals surface area contributed by atoms with Crippen LogP contribution < -0.4 is 20.9 Å². The number of ether oxygens (including phenoxy) is 2.